The summed E-state index contributed by atoms with van der Waals surface area (Å²) in [6.07, 6.45) is -12.3. The van der Waals surface area contributed by atoms with Gasteiger partial charge in [-0.15, -0.1) is 0 Å². The Morgan fingerprint density at radius 3 is 1.77 bits per heavy atom. The second-order valence-corrected chi connectivity index (χ2v) is 10.6. The van der Waals surface area contributed by atoms with Crippen molar-refractivity contribution in [2.75, 3.05) is 4.72 Å². The molecule has 0 heterocycles. The molecule has 2 N–H and O–H groups in total. The zero-order valence-electron chi connectivity index (χ0n) is 20.5. The molecule has 12 heteroatoms. The lowest BCUT2D eigenvalue weighted by atomic mass is 9.90. The van der Waals surface area contributed by atoms with Crippen LogP contribution in [0.1, 0.15) is 11.1 Å². The summed E-state index contributed by atoms with van der Waals surface area (Å²) in [6.45, 7) is 1.89. The van der Waals surface area contributed by atoms with Crippen molar-refractivity contribution in [2.24, 2.45) is 0 Å². The molecule has 0 atom stereocenters. The van der Waals surface area contributed by atoms with E-state index in [9.17, 15) is 44.3 Å². The first-order valence-corrected chi connectivity index (χ1v) is 13.0. The molecular weight excluding hydrogens is 563 g/mol. The standard InChI is InChI=1S/C28H20F7NO3S/c1-17-6-8-19(9-7-17)23-4-2-3-5-25(23)40(38,39)36-21-13-10-18(11-14-21)22-15-12-20(16-24(22)29)26(37,27(30,31)32)28(33,34)35/h2-16,36-37H,1H3. The predicted octanol–water partition coefficient (Wildman–Crippen LogP) is 7.58. The highest BCUT2D eigenvalue weighted by atomic mass is 32.2. The van der Waals surface area contributed by atoms with Crippen LogP contribution in [0.15, 0.2) is 95.9 Å². The Hall–Kier alpha value is -3.90. The number of sulfonamides is 1. The van der Waals surface area contributed by atoms with Crippen molar-refractivity contribution in [3.8, 4) is 22.3 Å². The minimum absolute atomic E-state index is 0.00798. The van der Waals surface area contributed by atoms with Crippen LogP contribution in [0.2, 0.25) is 0 Å². The van der Waals surface area contributed by atoms with Crippen LogP contribution in [0.25, 0.3) is 22.3 Å². The molecule has 0 spiro atoms. The molecule has 0 aliphatic heterocycles. The summed E-state index contributed by atoms with van der Waals surface area (Å²) in [4.78, 5) is -0.00798. The van der Waals surface area contributed by atoms with Crippen molar-refractivity contribution < 1.29 is 44.3 Å². The molecule has 40 heavy (non-hydrogen) atoms. The van der Waals surface area contributed by atoms with E-state index in [-0.39, 0.29) is 27.8 Å². The van der Waals surface area contributed by atoms with E-state index in [1.807, 2.05) is 19.1 Å². The highest BCUT2D eigenvalue weighted by molar-refractivity contribution is 7.92. The lowest BCUT2D eigenvalue weighted by Gasteiger charge is -2.32. The second-order valence-electron chi connectivity index (χ2n) is 8.95. The lowest BCUT2D eigenvalue weighted by Crippen LogP contribution is -2.53. The molecule has 0 amide bonds. The number of hydrogen-bond donors (Lipinski definition) is 2. The van der Waals surface area contributed by atoms with Crippen LogP contribution in [0.4, 0.5) is 36.4 Å². The van der Waals surface area contributed by atoms with Crippen molar-refractivity contribution in [3.05, 3.63) is 108 Å². The van der Waals surface area contributed by atoms with Gasteiger partial charge in [-0.2, -0.15) is 26.3 Å². The molecule has 0 aliphatic rings. The van der Waals surface area contributed by atoms with E-state index in [1.165, 1.54) is 30.3 Å². The fourth-order valence-corrected chi connectivity index (χ4v) is 5.35. The molecule has 0 radical (unpaired) electrons. The Labute approximate surface area is 224 Å². The minimum Gasteiger partial charge on any atom is -0.369 e. The second kappa shape index (κ2) is 10.3. The highest BCUT2D eigenvalue weighted by Gasteiger charge is 2.71. The summed E-state index contributed by atoms with van der Waals surface area (Å²) in [7, 11) is -4.10. The topological polar surface area (TPSA) is 66.4 Å². The third-order valence-electron chi connectivity index (χ3n) is 6.19. The van der Waals surface area contributed by atoms with Crippen LogP contribution in [0.3, 0.4) is 0 Å². The van der Waals surface area contributed by atoms with Gasteiger partial charge in [0.2, 0.25) is 0 Å². The van der Waals surface area contributed by atoms with Gasteiger partial charge < -0.3 is 5.11 Å². The molecule has 4 nitrogen and oxygen atoms in total. The maximum atomic E-state index is 14.7. The Bertz CT molecular complexity index is 1620. The zero-order valence-corrected chi connectivity index (χ0v) is 21.3. The minimum atomic E-state index is -6.16. The largest absolute Gasteiger partial charge is 0.430 e. The predicted molar refractivity (Wildman–Crippen MR) is 135 cm³/mol. The molecular formula is C28H20F7NO3S. The Kier molecular flexibility index (Phi) is 7.46. The maximum absolute atomic E-state index is 14.7. The van der Waals surface area contributed by atoms with Gasteiger partial charge in [0, 0.05) is 22.4 Å². The summed E-state index contributed by atoms with van der Waals surface area (Å²) in [5.74, 6) is -1.45. The van der Waals surface area contributed by atoms with Gasteiger partial charge in [0.25, 0.3) is 15.6 Å². The quantitative estimate of drug-likeness (QED) is 0.230. The molecule has 210 valence electrons. The van der Waals surface area contributed by atoms with Crippen molar-refractivity contribution in [2.45, 2.75) is 29.8 Å². The number of alkyl halides is 6. The molecule has 0 saturated heterocycles. The normalized spacial score (nSPS) is 12.8. The molecule has 0 unspecified atom stereocenters. The number of hydrogen-bond acceptors (Lipinski definition) is 3. The first-order valence-electron chi connectivity index (χ1n) is 11.5. The molecule has 0 bridgehead atoms. The lowest BCUT2D eigenvalue weighted by molar-refractivity contribution is -0.376. The van der Waals surface area contributed by atoms with Crippen LogP contribution >= 0.6 is 0 Å². The van der Waals surface area contributed by atoms with Gasteiger partial charge in [-0.25, -0.2) is 12.8 Å². The van der Waals surface area contributed by atoms with E-state index in [2.05, 4.69) is 4.72 Å². The fraction of sp³-hybridized carbons (Fsp3) is 0.143. The van der Waals surface area contributed by atoms with Gasteiger partial charge in [0.05, 0.1) is 4.90 Å². The summed E-state index contributed by atoms with van der Waals surface area (Å²) in [5, 5.41) is 9.50. The summed E-state index contributed by atoms with van der Waals surface area (Å²) in [6, 6.07) is 19.5. The molecule has 0 aliphatic carbocycles. The van der Waals surface area contributed by atoms with Crippen molar-refractivity contribution in [1.29, 1.82) is 0 Å². The third-order valence-corrected chi connectivity index (χ3v) is 7.63. The third kappa shape index (κ3) is 5.41. The fourth-order valence-electron chi connectivity index (χ4n) is 4.06. The van der Waals surface area contributed by atoms with Gasteiger partial charge >= 0.3 is 12.4 Å². The average Bonchev–Trinajstić information content (AvgIpc) is 2.88. The molecule has 0 saturated carbocycles. The average molecular weight is 584 g/mol. The van der Waals surface area contributed by atoms with E-state index in [0.717, 1.165) is 5.56 Å². The SMILES string of the molecule is Cc1ccc(-c2ccccc2S(=O)(=O)Nc2ccc(-c3ccc(C(O)(C(F)(F)F)C(F)(F)F)cc3F)cc2)cc1. The van der Waals surface area contributed by atoms with Gasteiger partial charge in [-0.3, -0.25) is 4.72 Å². The molecule has 4 rings (SSSR count). The monoisotopic (exact) mass is 583 g/mol. The number of rotatable bonds is 6. The van der Waals surface area contributed by atoms with Crippen LogP contribution in [-0.2, 0) is 15.6 Å². The van der Waals surface area contributed by atoms with Gasteiger partial charge in [-0.1, -0.05) is 72.3 Å². The molecule has 0 fully saturated rings. The highest BCUT2D eigenvalue weighted by Crippen LogP contribution is 2.50. The number of nitrogens with one attached hydrogen (secondary N) is 1. The first kappa shape index (κ1) is 29.1. The van der Waals surface area contributed by atoms with Gasteiger partial charge in [0.1, 0.15) is 5.82 Å². The smallest absolute Gasteiger partial charge is 0.369 e. The van der Waals surface area contributed by atoms with Gasteiger partial charge in [-0.05, 0) is 42.3 Å². The van der Waals surface area contributed by atoms with E-state index in [4.69, 9.17) is 0 Å². The number of benzene rings is 4. The Morgan fingerprint density at radius 2 is 1.23 bits per heavy atom. The molecule has 4 aromatic rings. The summed E-state index contributed by atoms with van der Waals surface area (Å²) < 4.78 is 122. The summed E-state index contributed by atoms with van der Waals surface area (Å²) in [5.41, 5.74) is -5.14. The Morgan fingerprint density at radius 1 is 0.700 bits per heavy atom. The van der Waals surface area contributed by atoms with E-state index in [0.29, 0.717) is 23.3 Å². The molecule has 0 aromatic heterocycles. The maximum Gasteiger partial charge on any atom is 0.430 e. The zero-order chi connectivity index (χ0) is 29.5. The van der Waals surface area contributed by atoms with Crippen LogP contribution < -0.4 is 4.72 Å². The van der Waals surface area contributed by atoms with Crippen LogP contribution in [-0.4, -0.2) is 25.9 Å². The Balaban J connectivity index is 1.62. The molecule has 4 aromatic carbocycles. The van der Waals surface area contributed by atoms with Crippen molar-refractivity contribution >= 4 is 15.7 Å². The van der Waals surface area contributed by atoms with Gasteiger partial charge in [0.15, 0.2) is 0 Å². The van der Waals surface area contributed by atoms with E-state index < -0.39 is 39.4 Å². The first-order chi connectivity index (χ1) is 18.5. The number of halogens is 7. The summed E-state index contributed by atoms with van der Waals surface area (Å²) >= 11 is 0. The van der Waals surface area contributed by atoms with E-state index in [1.54, 1.807) is 30.3 Å². The number of anilines is 1. The number of aliphatic hydroxyl groups is 1. The van der Waals surface area contributed by atoms with Crippen molar-refractivity contribution in [1.82, 2.24) is 0 Å². The van der Waals surface area contributed by atoms with Crippen LogP contribution in [0, 0.1) is 12.7 Å². The van der Waals surface area contributed by atoms with E-state index >= 15 is 0 Å². The number of aryl methyl sites for hydroxylation is 1. The van der Waals surface area contributed by atoms with Crippen LogP contribution in [0.5, 0.6) is 0 Å². The van der Waals surface area contributed by atoms with Crippen molar-refractivity contribution in [3.63, 3.8) is 0 Å².